The standard InChI is InChI=1S/C30H42FN5O5S/c1-30(2)16-25-27(42(39,40)17-30)21-6-5-7-24(21)36(25)19-14-22(31)26(28(32)37)23(15-19)34-18-8-10-20(11-9-18)41-29(38)33-12-13-35(3)4/h14-15,18,20,34H,5-13,16-17H2,1-4H3,(H2,32,37)(H,33,38). The van der Waals surface area contributed by atoms with Gasteiger partial charge in [-0.1, -0.05) is 13.8 Å². The Balaban J connectivity index is 1.40. The van der Waals surface area contributed by atoms with Gasteiger partial charge in [0, 0.05) is 30.5 Å². The third-order valence-electron chi connectivity index (χ3n) is 8.52. The molecule has 230 valence electrons. The minimum atomic E-state index is -3.50. The van der Waals surface area contributed by atoms with Crippen molar-refractivity contribution in [2.75, 3.05) is 38.3 Å². The lowest BCUT2D eigenvalue weighted by Crippen LogP contribution is -2.37. The largest absolute Gasteiger partial charge is 0.446 e. The number of hydrogen-bond acceptors (Lipinski definition) is 7. The van der Waals surface area contributed by atoms with Gasteiger partial charge in [-0.15, -0.1) is 0 Å². The van der Waals surface area contributed by atoms with Gasteiger partial charge in [-0.05, 0) is 88.6 Å². The van der Waals surface area contributed by atoms with Gasteiger partial charge in [0.2, 0.25) is 0 Å². The number of carbonyl (C=O) groups excluding carboxylic acids is 2. The minimum Gasteiger partial charge on any atom is -0.446 e. The van der Waals surface area contributed by atoms with E-state index in [9.17, 15) is 18.0 Å². The summed E-state index contributed by atoms with van der Waals surface area (Å²) in [6.07, 6.45) is 4.65. The van der Waals surface area contributed by atoms with Crippen LogP contribution in [-0.2, 0) is 33.8 Å². The molecule has 2 heterocycles. The Bertz CT molecular complexity index is 1490. The molecule has 0 radical (unpaired) electrons. The van der Waals surface area contributed by atoms with Crippen molar-refractivity contribution in [1.82, 2.24) is 14.8 Å². The number of aromatic nitrogens is 1. The number of nitrogens with two attached hydrogens (primary N) is 1. The molecule has 2 amide bonds. The number of nitrogens with zero attached hydrogens (tertiary/aromatic N) is 2. The van der Waals surface area contributed by atoms with Gasteiger partial charge in [-0.3, -0.25) is 4.79 Å². The monoisotopic (exact) mass is 603 g/mol. The summed E-state index contributed by atoms with van der Waals surface area (Å²) in [4.78, 5) is 26.9. The van der Waals surface area contributed by atoms with Crippen molar-refractivity contribution >= 4 is 27.5 Å². The number of hydrogen-bond donors (Lipinski definition) is 3. The summed E-state index contributed by atoms with van der Waals surface area (Å²) in [6, 6.07) is 2.92. The number of ether oxygens (including phenoxy) is 1. The lowest BCUT2D eigenvalue weighted by Gasteiger charge is -2.31. The third kappa shape index (κ3) is 6.15. The normalized spacial score (nSPS) is 22.3. The van der Waals surface area contributed by atoms with Crippen molar-refractivity contribution in [2.24, 2.45) is 11.1 Å². The van der Waals surface area contributed by atoms with E-state index in [2.05, 4.69) is 10.6 Å². The topological polar surface area (TPSA) is 136 Å². The molecule has 0 bridgehead atoms. The van der Waals surface area contributed by atoms with Crippen molar-refractivity contribution < 1.29 is 27.1 Å². The summed E-state index contributed by atoms with van der Waals surface area (Å²) in [6.45, 7) is 5.09. The predicted octanol–water partition coefficient (Wildman–Crippen LogP) is 3.57. The van der Waals surface area contributed by atoms with Crippen LogP contribution in [-0.4, -0.2) is 75.0 Å². The summed E-state index contributed by atoms with van der Waals surface area (Å²) >= 11 is 0. The van der Waals surface area contributed by atoms with Crippen LogP contribution in [0.3, 0.4) is 0 Å². The Hall–Kier alpha value is -3.12. The first kappa shape index (κ1) is 30.3. The van der Waals surface area contributed by atoms with E-state index in [-0.39, 0.29) is 29.1 Å². The molecule has 0 saturated heterocycles. The summed E-state index contributed by atoms with van der Waals surface area (Å²) in [5.41, 5.74) is 8.15. The van der Waals surface area contributed by atoms with Gasteiger partial charge in [0.05, 0.1) is 27.6 Å². The van der Waals surface area contributed by atoms with E-state index in [1.54, 1.807) is 6.07 Å². The molecule has 0 unspecified atom stereocenters. The van der Waals surface area contributed by atoms with Crippen LogP contribution in [0.1, 0.15) is 73.3 Å². The quantitative estimate of drug-likeness (QED) is 0.420. The first-order chi connectivity index (χ1) is 19.8. The van der Waals surface area contributed by atoms with Crippen LogP contribution in [0, 0.1) is 11.2 Å². The number of nitrogens with one attached hydrogen (secondary N) is 2. The molecule has 1 saturated carbocycles. The molecule has 2 aromatic rings. The van der Waals surface area contributed by atoms with Crippen molar-refractivity contribution in [3.05, 3.63) is 40.5 Å². The number of halogens is 1. The van der Waals surface area contributed by atoms with Crippen molar-refractivity contribution in [1.29, 1.82) is 0 Å². The average molecular weight is 604 g/mol. The second-order valence-corrected chi connectivity index (χ2v) is 14.9. The maximum atomic E-state index is 15.6. The highest BCUT2D eigenvalue weighted by Crippen LogP contribution is 2.45. The summed E-state index contributed by atoms with van der Waals surface area (Å²) in [5, 5.41) is 6.10. The van der Waals surface area contributed by atoms with Gasteiger partial charge in [-0.25, -0.2) is 17.6 Å². The van der Waals surface area contributed by atoms with Crippen LogP contribution >= 0.6 is 0 Å². The Labute approximate surface area is 247 Å². The second-order valence-electron chi connectivity index (χ2n) is 13.0. The van der Waals surface area contributed by atoms with Gasteiger partial charge >= 0.3 is 6.09 Å². The number of likely N-dealkylation sites (N-methyl/N-ethyl adjacent to an activating group) is 1. The molecule has 42 heavy (non-hydrogen) atoms. The first-order valence-electron chi connectivity index (χ1n) is 14.7. The smallest absolute Gasteiger partial charge is 0.407 e. The van der Waals surface area contributed by atoms with E-state index in [4.69, 9.17) is 10.5 Å². The number of sulfone groups is 1. The van der Waals surface area contributed by atoms with E-state index in [1.165, 1.54) is 6.07 Å². The van der Waals surface area contributed by atoms with E-state index in [0.717, 1.165) is 17.7 Å². The highest BCUT2D eigenvalue weighted by molar-refractivity contribution is 7.91. The first-order valence-corrected chi connectivity index (χ1v) is 16.4. The molecule has 4 N–H and O–H groups in total. The molecular weight excluding hydrogens is 561 g/mol. The molecule has 1 aromatic heterocycles. The highest BCUT2D eigenvalue weighted by atomic mass is 32.2. The Morgan fingerprint density at radius 2 is 1.86 bits per heavy atom. The number of amides is 2. The maximum Gasteiger partial charge on any atom is 0.407 e. The maximum absolute atomic E-state index is 15.6. The zero-order chi connectivity index (χ0) is 30.4. The van der Waals surface area contributed by atoms with Gasteiger partial charge in [-0.2, -0.15) is 0 Å². The number of primary amides is 1. The van der Waals surface area contributed by atoms with Crippen molar-refractivity contribution in [2.45, 2.75) is 82.3 Å². The second kappa shape index (κ2) is 11.5. The SMILES string of the molecule is CN(C)CCNC(=O)OC1CCC(Nc2cc(-n3c4c(c5c3CC(C)(C)CS5(=O)=O)CCC4)cc(F)c2C(N)=O)CC1. The number of benzene rings is 1. The molecule has 10 nitrogen and oxygen atoms in total. The van der Waals surface area contributed by atoms with E-state index >= 15 is 4.39 Å². The highest BCUT2D eigenvalue weighted by Gasteiger charge is 2.42. The summed E-state index contributed by atoms with van der Waals surface area (Å²) in [7, 11) is 0.358. The molecule has 0 atom stereocenters. The third-order valence-corrected chi connectivity index (χ3v) is 10.8. The average Bonchev–Trinajstić information content (AvgIpc) is 3.43. The molecule has 0 spiro atoms. The zero-order valence-corrected chi connectivity index (χ0v) is 25.7. The lowest BCUT2D eigenvalue weighted by molar-refractivity contribution is 0.0728. The van der Waals surface area contributed by atoms with Crippen molar-refractivity contribution in [3.63, 3.8) is 0 Å². The fourth-order valence-corrected chi connectivity index (χ4v) is 9.19. The van der Waals surface area contributed by atoms with Crippen LogP contribution < -0.4 is 16.4 Å². The summed E-state index contributed by atoms with van der Waals surface area (Å²) in [5.74, 6) is -1.55. The molecule has 1 aliphatic heterocycles. The molecular formula is C30H42FN5O5S. The Morgan fingerprint density at radius 3 is 2.52 bits per heavy atom. The van der Waals surface area contributed by atoms with Crippen LogP contribution in [0.25, 0.3) is 5.69 Å². The number of alkyl carbamates (subject to hydrolysis) is 1. The van der Waals surface area contributed by atoms with Crippen LogP contribution in [0.5, 0.6) is 0 Å². The lowest BCUT2D eigenvalue weighted by atomic mass is 9.89. The molecule has 12 heteroatoms. The fourth-order valence-electron chi connectivity index (χ4n) is 6.79. The fraction of sp³-hybridized carbons (Fsp3) is 0.600. The molecule has 1 aromatic carbocycles. The van der Waals surface area contributed by atoms with E-state index < -0.39 is 33.1 Å². The molecule has 2 aliphatic carbocycles. The number of rotatable bonds is 8. The Kier molecular flexibility index (Phi) is 8.32. The predicted molar refractivity (Wildman–Crippen MR) is 159 cm³/mol. The molecule has 5 rings (SSSR count). The number of anilines is 1. The zero-order valence-electron chi connectivity index (χ0n) is 24.9. The van der Waals surface area contributed by atoms with Crippen molar-refractivity contribution in [3.8, 4) is 5.69 Å². The number of carbonyl (C=O) groups is 2. The van der Waals surface area contributed by atoms with Gasteiger partial charge < -0.3 is 30.6 Å². The van der Waals surface area contributed by atoms with Gasteiger partial charge in [0.1, 0.15) is 11.9 Å². The van der Waals surface area contributed by atoms with Crippen LogP contribution in [0.2, 0.25) is 0 Å². The van der Waals surface area contributed by atoms with Crippen LogP contribution in [0.4, 0.5) is 14.9 Å². The Morgan fingerprint density at radius 1 is 1.14 bits per heavy atom. The number of fused-ring (bicyclic) bond motifs is 3. The molecule has 3 aliphatic rings. The minimum absolute atomic E-state index is 0.0787. The van der Waals surface area contributed by atoms with Gasteiger partial charge in [0.25, 0.3) is 5.91 Å². The molecule has 1 fully saturated rings. The summed E-state index contributed by atoms with van der Waals surface area (Å²) < 4.78 is 49.9. The van der Waals surface area contributed by atoms with Crippen LogP contribution in [0.15, 0.2) is 17.0 Å². The van der Waals surface area contributed by atoms with E-state index in [0.29, 0.717) is 74.3 Å². The van der Waals surface area contributed by atoms with E-state index in [1.807, 2.05) is 37.4 Å². The van der Waals surface area contributed by atoms with Gasteiger partial charge in [0.15, 0.2) is 9.84 Å².